The molecule has 1 saturated heterocycles. The minimum absolute atomic E-state index is 0.102. The molecule has 2 atom stereocenters. The quantitative estimate of drug-likeness (QED) is 0.0612. The molecule has 2 unspecified atom stereocenters. The van der Waals surface area contributed by atoms with Crippen molar-refractivity contribution in [2.45, 2.75) is 148 Å². The molecule has 1 heterocycles. The first-order valence-corrected chi connectivity index (χ1v) is 22.1. The molecule has 0 aromatic heterocycles. The number of hydrogen-bond acceptors (Lipinski definition) is 3. The molecule has 5 heteroatoms. The van der Waals surface area contributed by atoms with E-state index in [-0.39, 0.29) is 17.9 Å². The Morgan fingerprint density at radius 3 is 1.58 bits per heavy atom. The van der Waals surface area contributed by atoms with Gasteiger partial charge in [-0.1, -0.05) is 178 Å². The van der Waals surface area contributed by atoms with E-state index in [9.17, 15) is 0 Å². The van der Waals surface area contributed by atoms with Crippen molar-refractivity contribution in [1.29, 1.82) is 0 Å². The topological polar surface area (TPSA) is 27.7 Å². The second-order valence-corrected chi connectivity index (χ2v) is 17.4. The molecule has 0 saturated carbocycles. The van der Waals surface area contributed by atoms with Crippen LogP contribution < -0.4 is 10.9 Å². The van der Waals surface area contributed by atoms with Gasteiger partial charge in [-0.3, -0.25) is 0 Å². The Bertz CT molecular complexity index is 1870. The van der Waals surface area contributed by atoms with E-state index in [1.165, 1.54) is 120 Å². The molecule has 289 valence electrons. The zero-order valence-corrected chi connectivity index (χ0v) is 35.1. The van der Waals surface area contributed by atoms with Crippen LogP contribution in [-0.2, 0) is 30.2 Å². The van der Waals surface area contributed by atoms with Crippen LogP contribution >= 0.6 is 0 Å². The molecule has 0 bridgehead atoms. The largest absolute Gasteiger partial charge is 0.494 e. The smallest absolute Gasteiger partial charge is 0.434 e. The zero-order valence-electron chi connectivity index (χ0n) is 35.1. The van der Waals surface area contributed by atoms with Gasteiger partial charge in [0.2, 0.25) is 0 Å². The lowest BCUT2D eigenvalue weighted by Crippen LogP contribution is -2.34. The highest BCUT2D eigenvalue weighted by Gasteiger charge is 2.53. The van der Waals surface area contributed by atoms with Gasteiger partial charge in [0.25, 0.3) is 0 Å². The van der Waals surface area contributed by atoms with Crippen LogP contribution in [0.4, 0.5) is 0 Å². The van der Waals surface area contributed by atoms with Crippen LogP contribution in [-0.4, -0.2) is 34.4 Å². The molecule has 7 rings (SSSR count). The van der Waals surface area contributed by atoms with Crippen LogP contribution in [0.3, 0.4) is 0 Å². The Morgan fingerprint density at radius 2 is 1.07 bits per heavy atom. The van der Waals surface area contributed by atoms with Crippen LogP contribution in [0, 0.1) is 0 Å². The molecule has 0 N–H and O–H groups in total. The molecule has 0 amide bonds. The van der Waals surface area contributed by atoms with E-state index in [0.29, 0.717) is 19.8 Å². The second-order valence-electron chi connectivity index (χ2n) is 17.4. The van der Waals surface area contributed by atoms with Crippen molar-refractivity contribution in [3.8, 4) is 22.3 Å². The number of unbranched alkanes of at least 4 members (excludes halogenated alkanes) is 6. The highest BCUT2D eigenvalue weighted by molar-refractivity contribution is 6.61. The average Bonchev–Trinajstić information content (AvgIpc) is 3.93. The minimum atomic E-state index is -0.488. The van der Waals surface area contributed by atoms with Gasteiger partial charge < -0.3 is 14.0 Å². The predicted molar refractivity (Wildman–Crippen MR) is 234 cm³/mol. The summed E-state index contributed by atoms with van der Waals surface area (Å²) >= 11 is 0. The summed E-state index contributed by atoms with van der Waals surface area (Å²) < 4.78 is 18.4. The molecule has 3 nitrogen and oxygen atoms in total. The molecule has 3 aliphatic rings. The highest BCUT2D eigenvalue weighted by atomic mass is 16.6. The fourth-order valence-corrected chi connectivity index (χ4v) is 9.99. The molecule has 55 heavy (non-hydrogen) atoms. The maximum absolute atomic E-state index is 6.16. The summed E-state index contributed by atoms with van der Waals surface area (Å²) in [5.41, 5.74) is 15.8. The summed E-state index contributed by atoms with van der Waals surface area (Å²) in [5, 5.41) is 0. The van der Waals surface area contributed by atoms with E-state index < -0.39 is 5.41 Å². The number of fused-ring (bicyclic) bond motifs is 10. The fraction of sp³-hybridized carbons (Fsp3) is 0.520. The third kappa shape index (κ3) is 7.32. The lowest BCUT2D eigenvalue weighted by molar-refractivity contribution is 0.341. The fourth-order valence-electron chi connectivity index (χ4n) is 9.99. The van der Waals surface area contributed by atoms with E-state index in [0.717, 1.165) is 30.2 Å². The first-order chi connectivity index (χ1) is 26.8. The van der Waals surface area contributed by atoms with E-state index in [1.54, 1.807) is 0 Å². The first-order valence-electron chi connectivity index (χ1n) is 22.1. The summed E-state index contributed by atoms with van der Waals surface area (Å²) in [5.74, 6) is 0. The third-order valence-corrected chi connectivity index (χ3v) is 13.9. The standard InChI is InChI=1S/C50H65B2O3/c1-8-13-15-17-27-48(6,11-4)36-19-23-40-41-24-20-37(49(7,12-5)28-18-16-14-9-2)33-45(41)50(44(40)32-36)46-34-38(51-53-29-10-3)21-25-42(46)43-26-22-39(35-47(43)50)52-54-30-31-55-52/h19-26,32-35H,8-18,27-31H2,1-7H3. The van der Waals surface area contributed by atoms with Crippen LogP contribution in [0.25, 0.3) is 22.3 Å². The number of hydrogen-bond donors (Lipinski definition) is 0. The molecule has 1 aliphatic heterocycles. The molecule has 2 aliphatic carbocycles. The highest BCUT2D eigenvalue weighted by Crippen LogP contribution is 2.63. The predicted octanol–water partition coefficient (Wildman–Crippen LogP) is 11.7. The van der Waals surface area contributed by atoms with Gasteiger partial charge in [0.15, 0.2) is 0 Å². The van der Waals surface area contributed by atoms with E-state index in [2.05, 4.69) is 121 Å². The van der Waals surface area contributed by atoms with Gasteiger partial charge in [0.1, 0.15) is 0 Å². The van der Waals surface area contributed by atoms with Crippen LogP contribution in [0.15, 0.2) is 72.8 Å². The van der Waals surface area contributed by atoms with Crippen molar-refractivity contribution in [1.82, 2.24) is 0 Å². The molecular formula is C50H65B2O3. The van der Waals surface area contributed by atoms with Gasteiger partial charge in [-0.25, -0.2) is 0 Å². The maximum Gasteiger partial charge on any atom is 0.494 e. The molecule has 4 aromatic rings. The van der Waals surface area contributed by atoms with Gasteiger partial charge >= 0.3 is 14.6 Å². The summed E-state index contributed by atoms with van der Waals surface area (Å²) in [6, 6.07) is 29.2. The van der Waals surface area contributed by atoms with Crippen LogP contribution in [0.2, 0.25) is 0 Å². The van der Waals surface area contributed by atoms with Gasteiger partial charge in [-0.2, -0.15) is 0 Å². The van der Waals surface area contributed by atoms with Crippen molar-refractivity contribution in [3.05, 3.63) is 106 Å². The van der Waals surface area contributed by atoms with E-state index >= 15 is 0 Å². The number of benzene rings is 4. The molecule has 1 radical (unpaired) electrons. The van der Waals surface area contributed by atoms with Gasteiger partial charge in [-0.05, 0) is 104 Å². The van der Waals surface area contributed by atoms with Gasteiger partial charge in [-0.15, -0.1) is 0 Å². The summed E-state index contributed by atoms with van der Waals surface area (Å²) in [7, 11) is 1.64. The van der Waals surface area contributed by atoms with E-state index in [4.69, 9.17) is 14.0 Å². The van der Waals surface area contributed by atoms with Crippen molar-refractivity contribution in [3.63, 3.8) is 0 Å². The van der Waals surface area contributed by atoms with Crippen LogP contribution in [0.5, 0.6) is 0 Å². The van der Waals surface area contributed by atoms with Crippen molar-refractivity contribution < 1.29 is 14.0 Å². The molecule has 4 aromatic carbocycles. The lowest BCUT2D eigenvalue weighted by atomic mass is 9.65. The van der Waals surface area contributed by atoms with Gasteiger partial charge in [0.05, 0.1) is 18.6 Å². The Labute approximate surface area is 334 Å². The Morgan fingerprint density at radius 1 is 0.582 bits per heavy atom. The SMILES string of the molecule is CCCCCCC(C)(CC)c1ccc2c(c1)C1(c3cc([B]OCCC)ccc3-c3ccc(B4OCCO4)cc31)c1cc(C(C)(CC)CCCCCC)ccc1-2. The minimum Gasteiger partial charge on any atom is -0.434 e. The average molecular weight is 736 g/mol. The van der Waals surface area contributed by atoms with Crippen LogP contribution in [0.1, 0.15) is 165 Å². The third-order valence-electron chi connectivity index (χ3n) is 13.9. The molecule has 1 fully saturated rings. The lowest BCUT2D eigenvalue weighted by Gasteiger charge is -2.35. The van der Waals surface area contributed by atoms with Gasteiger partial charge in [0, 0.05) is 6.61 Å². The van der Waals surface area contributed by atoms with E-state index in [1.807, 2.05) is 7.48 Å². The Kier molecular flexibility index (Phi) is 12.5. The monoisotopic (exact) mass is 736 g/mol. The second kappa shape index (κ2) is 17.2. The van der Waals surface area contributed by atoms with Crippen molar-refractivity contribution in [2.24, 2.45) is 0 Å². The zero-order chi connectivity index (χ0) is 38.6. The molecular weight excluding hydrogens is 670 g/mol. The molecule has 1 spiro atoms. The maximum atomic E-state index is 6.16. The summed E-state index contributed by atoms with van der Waals surface area (Å²) in [6.45, 7) is 18.6. The first kappa shape index (κ1) is 40.1. The van der Waals surface area contributed by atoms with Crippen molar-refractivity contribution >= 4 is 25.5 Å². The summed E-state index contributed by atoms with van der Waals surface area (Å²) in [6.07, 6.45) is 15.9. The van der Waals surface area contributed by atoms with Crippen molar-refractivity contribution in [2.75, 3.05) is 19.8 Å². The number of rotatable bonds is 19. The Hall–Kier alpha value is -3.11. The normalized spacial score (nSPS) is 18.9. The Balaban J connectivity index is 1.49. The summed E-state index contributed by atoms with van der Waals surface area (Å²) in [4.78, 5) is 0.